The maximum absolute atomic E-state index is 12.9. The molecule has 0 aliphatic carbocycles. The minimum absolute atomic E-state index is 0.198. The van der Waals surface area contributed by atoms with E-state index in [9.17, 15) is 13.2 Å². The summed E-state index contributed by atoms with van der Waals surface area (Å²) in [6.07, 6.45) is 2.79. The van der Waals surface area contributed by atoms with E-state index in [1.165, 1.54) is 16.4 Å². The van der Waals surface area contributed by atoms with Gasteiger partial charge in [-0.1, -0.05) is 18.2 Å². The number of hydrogen-bond acceptors (Lipinski definition) is 7. The van der Waals surface area contributed by atoms with E-state index in [-0.39, 0.29) is 16.0 Å². The lowest BCUT2D eigenvalue weighted by atomic mass is 10.2. The van der Waals surface area contributed by atoms with Crippen molar-refractivity contribution in [3.63, 3.8) is 0 Å². The molecule has 3 aromatic rings. The number of amides is 1. The van der Waals surface area contributed by atoms with E-state index >= 15 is 0 Å². The lowest BCUT2D eigenvalue weighted by Gasteiger charge is -2.25. The largest absolute Gasteiger partial charge is 0.431 e. The molecule has 1 aliphatic rings. The maximum Gasteiger partial charge on any atom is 0.257 e. The molecule has 1 atom stereocenters. The fourth-order valence-corrected chi connectivity index (χ4v) is 5.72. The highest BCUT2D eigenvalue weighted by Gasteiger charge is 2.27. The molecular weight excluding hydrogens is 448 g/mol. The van der Waals surface area contributed by atoms with Crippen LogP contribution >= 0.6 is 11.8 Å². The number of sulfonamides is 1. The van der Waals surface area contributed by atoms with Crippen molar-refractivity contribution in [1.29, 1.82) is 5.26 Å². The van der Waals surface area contributed by atoms with Gasteiger partial charge in [-0.15, -0.1) is 0 Å². The summed E-state index contributed by atoms with van der Waals surface area (Å²) >= 11 is 1.14. The molecule has 1 amide bonds. The fourth-order valence-electron chi connectivity index (χ4n) is 3.43. The fraction of sp³-hybridized carbons (Fsp3) is 0.318. The normalized spacial score (nSPS) is 15.9. The molecule has 1 saturated heterocycles. The van der Waals surface area contributed by atoms with Crippen molar-refractivity contribution in [2.75, 3.05) is 18.4 Å². The second-order valence-electron chi connectivity index (χ2n) is 7.51. The highest BCUT2D eigenvalue weighted by atomic mass is 32.2. The summed E-state index contributed by atoms with van der Waals surface area (Å²) in [4.78, 5) is 17.1. The van der Waals surface area contributed by atoms with Crippen LogP contribution in [0.4, 0.5) is 5.69 Å². The van der Waals surface area contributed by atoms with Crippen LogP contribution in [0.15, 0.2) is 57.0 Å². The molecule has 2 heterocycles. The molecule has 1 aromatic heterocycles. The summed E-state index contributed by atoms with van der Waals surface area (Å²) in [6.45, 7) is 2.79. The van der Waals surface area contributed by atoms with Gasteiger partial charge in [0, 0.05) is 18.8 Å². The quantitative estimate of drug-likeness (QED) is 0.541. The standard InChI is InChI=1S/C22H22N4O4S2/c1-15(21(27)24-17-7-5-16(14-23)6-8-17)31-22-25-19-13-18(9-10-20(19)30-22)32(28,29)26-11-3-2-4-12-26/h5-10,13,15H,2-4,11-12H2,1H3,(H,24,27)/t15-/m1/s1. The van der Waals surface area contributed by atoms with Gasteiger partial charge in [0.2, 0.25) is 15.9 Å². The van der Waals surface area contributed by atoms with Gasteiger partial charge in [-0.05, 0) is 62.2 Å². The second kappa shape index (κ2) is 9.32. The van der Waals surface area contributed by atoms with E-state index in [2.05, 4.69) is 10.3 Å². The molecule has 10 heteroatoms. The first-order valence-electron chi connectivity index (χ1n) is 10.3. The van der Waals surface area contributed by atoms with Crippen LogP contribution in [-0.2, 0) is 14.8 Å². The molecule has 8 nitrogen and oxygen atoms in total. The molecule has 0 radical (unpaired) electrons. The van der Waals surface area contributed by atoms with E-state index in [1.54, 1.807) is 37.3 Å². The van der Waals surface area contributed by atoms with Gasteiger partial charge in [-0.25, -0.2) is 13.4 Å². The first kappa shape index (κ1) is 22.3. The van der Waals surface area contributed by atoms with Gasteiger partial charge in [-0.2, -0.15) is 9.57 Å². The molecule has 32 heavy (non-hydrogen) atoms. The van der Waals surface area contributed by atoms with E-state index in [0.29, 0.717) is 35.4 Å². The van der Waals surface area contributed by atoms with Crippen LogP contribution in [-0.4, -0.2) is 42.0 Å². The number of nitrogens with zero attached hydrogens (tertiary/aromatic N) is 3. The third-order valence-electron chi connectivity index (χ3n) is 5.22. The third-order valence-corrected chi connectivity index (χ3v) is 8.06. The SMILES string of the molecule is C[C@@H](Sc1nc2cc(S(=O)(=O)N3CCCCC3)ccc2o1)C(=O)Nc1ccc(C#N)cc1. The van der Waals surface area contributed by atoms with Crippen LogP contribution in [0.3, 0.4) is 0 Å². The summed E-state index contributed by atoms with van der Waals surface area (Å²) < 4.78 is 33.0. The number of hydrogen-bond donors (Lipinski definition) is 1. The van der Waals surface area contributed by atoms with Gasteiger partial charge < -0.3 is 9.73 Å². The minimum atomic E-state index is -3.56. The topological polar surface area (TPSA) is 116 Å². The second-order valence-corrected chi connectivity index (χ2v) is 10.7. The predicted molar refractivity (Wildman–Crippen MR) is 122 cm³/mol. The maximum atomic E-state index is 12.9. The number of fused-ring (bicyclic) bond motifs is 1. The number of thioether (sulfide) groups is 1. The number of carbonyl (C=O) groups is 1. The van der Waals surface area contributed by atoms with Crippen molar-refractivity contribution in [1.82, 2.24) is 9.29 Å². The summed E-state index contributed by atoms with van der Waals surface area (Å²) in [7, 11) is -3.56. The summed E-state index contributed by atoms with van der Waals surface area (Å²) in [5, 5.41) is 11.4. The Kier molecular flexibility index (Phi) is 6.50. The predicted octanol–water partition coefficient (Wildman–Crippen LogP) is 3.99. The highest BCUT2D eigenvalue weighted by molar-refractivity contribution is 8.00. The monoisotopic (exact) mass is 470 g/mol. The van der Waals surface area contributed by atoms with E-state index in [4.69, 9.17) is 9.68 Å². The number of anilines is 1. The molecule has 1 fully saturated rings. The van der Waals surface area contributed by atoms with Crippen LogP contribution in [0.2, 0.25) is 0 Å². The van der Waals surface area contributed by atoms with Crippen molar-refractivity contribution < 1.29 is 17.6 Å². The first-order chi connectivity index (χ1) is 15.4. The number of piperidine rings is 1. The molecule has 1 N–H and O–H groups in total. The summed E-state index contributed by atoms with van der Waals surface area (Å²) in [6, 6.07) is 13.3. The van der Waals surface area contributed by atoms with Crippen LogP contribution in [0, 0.1) is 11.3 Å². The summed E-state index contributed by atoms with van der Waals surface area (Å²) in [5.41, 5.74) is 2.00. The number of oxazole rings is 1. The Morgan fingerprint density at radius 3 is 2.59 bits per heavy atom. The third kappa shape index (κ3) is 4.80. The lowest BCUT2D eigenvalue weighted by Crippen LogP contribution is -2.35. The number of nitriles is 1. The van der Waals surface area contributed by atoms with Crippen molar-refractivity contribution in [2.24, 2.45) is 0 Å². The Bertz CT molecular complexity index is 1270. The van der Waals surface area contributed by atoms with Crippen LogP contribution in [0.25, 0.3) is 11.1 Å². The van der Waals surface area contributed by atoms with Crippen molar-refractivity contribution in [3.8, 4) is 6.07 Å². The van der Waals surface area contributed by atoms with E-state index in [0.717, 1.165) is 31.0 Å². The minimum Gasteiger partial charge on any atom is -0.431 e. The molecule has 166 valence electrons. The van der Waals surface area contributed by atoms with Gasteiger partial charge in [0.1, 0.15) is 5.52 Å². The smallest absolute Gasteiger partial charge is 0.257 e. The molecule has 0 saturated carbocycles. The highest BCUT2D eigenvalue weighted by Crippen LogP contribution is 2.30. The number of carbonyl (C=O) groups excluding carboxylic acids is 1. The zero-order valence-corrected chi connectivity index (χ0v) is 19.1. The first-order valence-corrected chi connectivity index (χ1v) is 12.6. The van der Waals surface area contributed by atoms with Gasteiger partial charge in [0.15, 0.2) is 5.58 Å². The van der Waals surface area contributed by atoms with Crippen LogP contribution < -0.4 is 5.32 Å². The Labute approximate surface area is 190 Å². The lowest BCUT2D eigenvalue weighted by molar-refractivity contribution is -0.115. The van der Waals surface area contributed by atoms with Crippen LogP contribution in [0.1, 0.15) is 31.7 Å². The number of aromatic nitrogens is 1. The Balaban J connectivity index is 1.46. The van der Waals surface area contributed by atoms with Crippen molar-refractivity contribution in [3.05, 3.63) is 48.0 Å². The number of nitrogens with one attached hydrogen (secondary N) is 1. The molecule has 4 rings (SSSR count). The Morgan fingerprint density at radius 1 is 1.19 bits per heavy atom. The van der Waals surface area contributed by atoms with Crippen LogP contribution in [0.5, 0.6) is 0 Å². The van der Waals surface area contributed by atoms with Crippen molar-refractivity contribution in [2.45, 2.75) is 41.6 Å². The van der Waals surface area contributed by atoms with Crippen molar-refractivity contribution >= 4 is 44.5 Å². The number of benzene rings is 2. The Hall–Kier alpha value is -2.87. The molecule has 0 bridgehead atoms. The molecule has 0 unspecified atom stereocenters. The molecular formula is C22H22N4O4S2. The Morgan fingerprint density at radius 2 is 1.91 bits per heavy atom. The van der Waals surface area contributed by atoms with E-state index < -0.39 is 15.3 Å². The number of rotatable bonds is 6. The van der Waals surface area contributed by atoms with Gasteiger partial charge >= 0.3 is 0 Å². The van der Waals surface area contributed by atoms with Gasteiger partial charge in [-0.3, -0.25) is 4.79 Å². The average molecular weight is 471 g/mol. The molecule has 1 aliphatic heterocycles. The zero-order chi connectivity index (χ0) is 22.7. The van der Waals surface area contributed by atoms with Gasteiger partial charge in [0.25, 0.3) is 5.22 Å². The molecule has 0 spiro atoms. The molecule has 2 aromatic carbocycles. The zero-order valence-electron chi connectivity index (χ0n) is 17.4. The summed E-state index contributed by atoms with van der Waals surface area (Å²) in [5.74, 6) is -0.240. The van der Waals surface area contributed by atoms with E-state index in [1.807, 2.05) is 6.07 Å². The average Bonchev–Trinajstić information content (AvgIpc) is 3.21. The van der Waals surface area contributed by atoms with Gasteiger partial charge in [0.05, 0.1) is 21.8 Å².